The molecular weight excluding hydrogens is 459 g/mol. The number of anilines is 1. The van der Waals surface area contributed by atoms with Gasteiger partial charge in [-0.3, -0.25) is 9.59 Å². The average Bonchev–Trinajstić information content (AvgIpc) is 3.18. The van der Waals surface area contributed by atoms with E-state index in [1.165, 1.54) is 22.6 Å². The lowest BCUT2D eigenvalue weighted by Crippen LogP contribution is -2.43. The first kappa shape index (κ1) is 24.4. The van der Waals surface area contributed by atoms with Crippen molar-refractivity contribution in [3.63, 3.8) is 0 Å². The summed E-state index contributed by atoms with van der Waals surface area (Å²) < 4.78 is 41.6. The van der Waals surface area contributed by atoms with Crippen LogP contribution in [0.4, 0.5) is 10.1 Å². The lowest BCUT2D eigenvalue weighted by molar-refractivity contribution is -0.120. The fourth-order valence-corrected chi connectivity index (χ4v) is 6.05. The number of aryl methyl sites for hydroxylation is 1. The Bertz CT molecular complexity index is 1160. The molecule has 1 aromatic heterocycles. The van der Waals surface area contributed by atoms with Gasteiger partial charge in [0, 0.05) is 38.1 Å². The van der Waals surface area contributed by atoms with Crippen LogP contribution >= 0.6 is 0 Å². The Morgan fingerprint density at radius 2 is 1.79 bits per heavy atom. The minimum atomic E-state index is -3.87. The Morgan fingerprint density at radius 1 is 1.06 bits per heavy atom. The molecule has 1 atom stereocenters. The third-order valence-corrected chi connectivity index (χ3v) is 8.46. The molecule has 2 aliphatic heterocycles. The fraction of sp³-hybridized carbons (Fsp3) is 0.500. The maximum atomic E-state index is 13.8. The monoisotopic (exact) mass is 490 g/mol. The predicted molar refractivity (Wildman–Crippen MR) is 126 cm³/mol. The zero-order valence-corrected chi connectivity index (χ0v) is 20.2. The molecule has 184 valence electrons. The van der Waals surface area contributed by atoms with E-state index in [9.17, 15) is 22.4 Å². The van der Waals surface area contributed by atoms with Gasteiger partial charge in [-0.2, -0.15) is 4.31 Å². The van der Waals surface area contributed by atoms with Crippen molar-refractivity contribution in [1.29, 1.82) is 0 Å². The van der Waals surface area contributed by atoms with Crippen molar-refractivity contribution >= 4 is 27.5 Å². The van der Waals surface area contributed by atoms with E-state index in [0.717, 1.165) is 25.7 Å². The highest BCUT2D eigenvalue weighted by Gasteiger charge is 2.34. The average molecular weight is 491 g/mol. The van der Waals surface area contributed by atoms with Gasteiger partial charge in [0.05, 0.1) is 5.92 Å². The zero-order valence-electron chi connectivity index (χ0n) is 19.3. The molecule has 0 aliphatic carbocycles. The second-order valence-electron chi connectivity index (χ2n) is 9.11. The first-order valence-corrected chi connectivity index (χ1v) is 13.2. The Hall–Kier alpha value is -2.72. The highest BCUT2D eigenvalue weighted by molar-refractivity contribution is 7.89. The van der Waals surface area contributed by atoms with Crippen LogP contribution in [0.3, 0.4) is 0 Å². The molecule has 0 bridgehead atoms. The Kier molecular flexibility index (Phi) is 7.37. The zero-order chi connectivity index (χ0) is 24.3. The van der Waals surface area contributed by atoms with Crippen LogP contribution in [0.25, 0.3) is 0 Å². The molecular formula is C24H31FN4O4S. The smallest absolute Gasteiger partial charge is 0.270 e. The van der Waals surface area contributed by atoms with Crippen LogP contribution in [0.5, 0.6) is 0 Å². The largest absolute Gasteiger partial charge is 0.356 e. The van der Waals surface area contributed by atoms with Crippen molar-refractivity contribution in [2.75, 3.05) is 31.5 Å². The van der Waals surface area contributed by atoms with Crippen LogP contribution in [-0.2, 0) is 14.8 Å². The summed E-state index contributed by atoms with van der Waals surface area (Å²) in [6.07, 6.45) is 6.50. The van der Waals surface area contributed by atoms with Gasteiger partial charge in [0.1, 0.15) is 16.4 Å². The number of piperidine rings is 1. The molecule has 10 heteroatoms. The van der Waals surface area contributed by atoms with Crippen molar-refractivity contribution in [3.05, 3.63) is 47.5 Å². The summed E-state index contributed by atoms with van der Waals surface area (Å²) in [5.41, 5.74) is 1.08. The molecule has 0 spiro atoms. The fourth-order valence-electron chi connectivity index (χ4n) is 4.53. The van der Waals surface area contributed by atoms with E-state index < -0.39 is 21.8 Å². The molecule has 34 heavy (non-hydrogen) atoms. The Morgan fingerprint density at radius 3 is 2.50 bits per heavy atom. The number of hydrogen-bond acceptors (Lipinski definition) is 4. The van der Waals surface area contributed by atoms with Crippen LogP contribution in [0.2, 0.25) is 0 Å². The number of aromatic nitrogens is 1. The van der Waals surface area contributed by atoms with Crippen molar-refractivity contribution in [2.24, 2.45) is 5.92 Å². The van der Waals surface area contributed by atoms with Gasteiger partial charge in [0.2, 0.25) is 15.9 Å². The number of halogens is 1. The van der Waals surface area contributed by atoms with Gasteiger partial charge in [0.25, 0.3) is 5.91 Å². The number of nitrogens with zero attached hydrogens (tertiary/aromatic N) is 2. The number of H-pyrrole nitrogens is 1. The normalized spacial score (nSPS) is 20.1. The van der Waals surface area contributed by atoms with Crippen molar-refractivity contribution in [3.8, 4) is 0 Å². The second kappa shape index (κ2) is 10.3. The Balaban J connectivity index is 1.43. The summed E-state index contributed by atoms with van der Waals surface area (Å²) in [4.78, 5) is 30.2. The number of likely N-dealkylation sites (tertiary alicyclic amines) is 1. The molecule has 2 N–H and O–H groups in total. The first-order valence-electron chi connectivity index (χ1n) is 11.8. The van der Waals surface area contributed by atoms with Crippen LogP contribution in [-0.4, -0.2) is 60.6 Å². The van der Waals surface area contributed by atoms with E-state index in [1.54, 1.807) is 24.0 Å². The number of carbonyl (C=O) groups is 2. The minimum Gasteiger partial charge on any atom is -0.356 e. The Labute approximate surface area is 199 Å². The van der Waals surface area contributed by atoms with Gasteiger partial charge >= 0.3 is 0 Å². The second-order valence-corrected chi connectivity index (χ2v) is 11.0. The molecule has 2 fully saturated rings. The van der Waals surface area contributed by atoms with E-state index in [2.05, 4.69) is 10.3 Å². The van der Waals surface area contributed by atoms with Gasteiger partial charge in [-0.05, 0) is 56.4 Å². The molecule has 4 rings (SSSR count). The standard InChI is InChI=1S/C24H31FN4O4S/c1-17-8-9-19(13-21(17)25)27-23(30)18-7-6-12-29(16-18)34(32,33)20-14-22(26-15-20)24(31)28-10-4-2-3-5-11-28/h8-9,13-15,18,26H,2-7,10-12,16H2,1H3,(H,27,30)/t18-/m0/s1. The highest BCUT2D eigenvalue weighted by atomic mass is 32.2. The summed E-state index contributed by atoms with van der Waals surface area (Å²) >= 11 is 0. The summed E-state index contributed by atoms with van der Waals surface area (Å²) in [5.74, 6) is -1.49. The molecule has 1 aromatic carbocycles. The topological polar surface area (TPSA) is 103 Å². The van der Waals surface area contributed by atoms with E-state index in [0.29, 0.717) is 43.7 Å². The van der Waals surface area contributed by atoms with E-state index in [1.807, 2.05) is 0 Å². The maximum Gasteiger partial charge on any atom is 0.270 e. The quantitative estimate of drug-likeness (QED) is 0.669. The first-order chi connectivity index (χ1) is 16.3. The summed E-state index contributed by atoms with van der Waals surface area (Å²) in [7, 11) is -3.87. The van der Waals surface area contributed by atoms with Crippen LogP contribution in [0.15, 0.2) is 35.4 Å². The molecule has 0 radical (unpaired) electrons. The lowest BCUT2D eigenvalue weighted by atomic mass is 9.98. The molecule has 2 aliphatic rings. The molecule has 2 amide bonds. The third-order valence-electron chi connectivity index (χ3n) is 6.61. The molecule has 2 saturated heterocycles. The number of hydrogen-bond donors (Lipinski definition) is 2. The maximum absolute atomic E-state index is 13.8. The third kappa shape index (κ3) is 5.33. The van der Waals surface area contributed by atoms with Crippen molar-refractivity contribution < 1.29 is 22.4 Å². The van der Waals surface area contributed by atoms with Crippen molar-refractivity contribution in [2.45, 2.75) is 50.3 Å². The lowest BCUT2D eigenvalue weighted by Gasteiger charge is -2.31. The van der Waals surface area contributed by atoms with Gasteiger partial charge in [0.15, 0.2) is 0 Å². The molecule has 0 saturated carbocycles. The molecule has 3 heterocycles. The summed E-state index contributed by atoms with van der Waals surface area (Å²) in [6.45, 7) is 3.31. The van der Waals surface area contributed by atoms with E-state index in [4.69, 9.17) is 0 Å². The van der Waals surface area contributed by atoms with E-state index in [-0.39, 0.29) is 28.9 Å². The number of sulfonamides is 1. The van der Waals surface area contributed by atoms with Crippen LogP contribution in [0.1, 0.15) is 54.6 Å². The summed E-state index contributed by atoms with van der Waals surface area (Å²) in [6, 6.07) is 5.85. The molecule has 8 nitrogen and oxygen atoms in total. The van der Waals surface area contributed by atoms with Gasteiger partial charge in [-0.15, -0.1) is 0 Å². The summed E-state index contributed by atoms with van der Waals surface area (Å²) in [5, 5.41) is 2.70. The van der Waals surface area contributed by atoms with Gasteiger partial charge in [-0.1, -0.05) is 18.9 Å². The molecule has 2 aromatic rings. The molecule has 0 unspecified atom stereocenters. The van der Waals surface area contributed by atoms with Crippen molar-refractivity contribution in [1.82, 2.24) is 14.2 Å². The van der Waals surface area contributed by atoms with Gasteiger partial charge in [-0.25, -0.2) is 12.8 Å². The van der Waals surface area contributed by atoms with Gasteiger partial charge < -0.3 is 15.2 Å². The van der Waals surface area contributed by atoms with E-state index >= 15 is 0 Å². The SMILES string of the molecule is Cc1ccc(NC(=O)[C@H]2CCCN(S(=O)(=O)c3c[nH]c(C(=O)N4CCCCCC4)c3)C2)cc1F. The number of rotatable bonds is 5. The minimum absolute atomic E-state index is 0.0207. The number of benzene rings is 1. The van der Waals surface area contributed by atoms with Crippen LogP contribution in [0, 0.1) is 18.7 Å². The van der Waals surface area contributed by atoms with Crippen LogP contribution < -0.4 is 5.32 Å². The number of carbonyl (C=O) groups excluding carboxylic acids is 2. The highest BCUT2D eigenvalue weighted by Crippen LogP contribution is 2.26. The number of aromatic amines is 1. The predicted octanol–water partition coefficient (Wildman–Crippen LogP) is 3.52. The number of nitrogens with one attached hydrogen (secondary N) is 2. The number of amides is 2.